The van der Waals surface area contributed by atoms with E-state index in [1.165, 1.54) is 20.2 Å². The Labute approximate surface area is 145 Å². The molecule has 0 aliphatic heterocycles. The maximum Gasteiger partial charge on any atom is 0.251 e. The molecule has 0 bridgehead atoms. The largest absolute Gasteiger partial charge is 0.355 e. The number of benzene rings is 2. The lowest BCUT2D eigenvalue weighted by Crippen LogP contribution is -2.26. The number of nitrogens with one attached hydrogen (secondary N) is 1. The van der Waals surface area contributed by atoms with Gasteiger partial charge in [-0.3, -0.25) is 4.79 Å². The molecular formula is C16H16ClFN2O3S. The van der Waals surface area contributed by atoms with Crippen LogP contribution in [0.15, 0.2) is 47.4 Å². The number of hydrogen-bond donors (Lipinski definition) is 1. The fraction of sp³-hybridized carbons (Fsp3) is 0.188. The fourth-order valence-corrected chi connectivity index (χ4v) is 3.50. The van der Waals surface area contributed by atoms with Crippen LogP contribution in [0.2, 0.25) is 5.02 Å². The molecule has 0 atom stereocenters. The second-order valence-corrected chi connectivity index (χ2v) is 7.57. The molecule has 0 radical (unpaired) electrons. The van der Waals surface area contributed by atoms with Crippen molar-refractivity contribution in [2.24, 2.45) is 0 Å². The van der Waals surface area contributed by atoms with Gasteiger partial charge in [0.15, 0.2) is 0 Å². The lowest BCUT2D eigenvalue weighted by molar-refractivity contribution is 0.0963. The van der Waals surface area contributed by atoms with Crippen LogP contribution in [0.4, 0.5) is 4.39 Å². The molecule has 2 rings (SSSR count). The number of amides is 1. The van der Waals surface area contributed by atoms with Crippen LogP contribution < -0.4 is 5.32 Å². The Hall–Kier alpha value is -1.96. The van der Waals surface area contributed by atoms with E-state index in [0.29, 0.717) is 11.1 Å². The van der Waals surface area contributed by atoms with E-state index in [2.05, 4.69) is 5.32 Å². The molecule has 0 spiro atoms. The summed E-state index contributed by atoms with van der Waals surface area (Å²) in [6, 6.07) is 9.84. The molecule has 128 valence electrons. The van der Waals surface area contributed by atoms with Gasteiger partial charge in [-0.15, -0.1) is 0 Å². The minimum atomic E-state index is -3.80. The quantitative estimate of drug-likeness (QED) is 0.879. The SMILES string of the molecule is CNC(=O)c1ccc(CN(C)S(=O)(=O)c2ccc(F)c(Cl)c2)cc1. The van der Waals surface area contributed by atoms with Crippen LogP contribution in [0.5, 0.6) is 0 Å². The highest BCUT2D eigenvalue weighted by molar-refractivity contribution is 7.89. The van der Waals surface area contributed by atoms with E-state index >= 15 is 0 Å². The van der Waals surface area contributed by atoms with Crippen LogP contribution in [0, 0.1) is 5.82 Å². The van der Waals surface area contributed by atoms with E-state index in [1.54, 1.807) is 24.3 Å². The van der Waals surface area contributed by atoms with Gasteiger partial charge in [0.25, 0.3) is 5.91 Å². The molecule has 0 aliphatic carbocycles. The Bertz CT molecular complexity index is 854. The molecule has 1 amide bonds. The molecule has 0 unspecified atom stereocenters. The van der Waals surface area contributed by atoms with Crippen molar-refractivity contribution in [3.63, 3.8) is 0 Å². The van der Waals surface area contributed by atoms with Crippen LogP contribution in [0.25, 0.3) is 0 Å². The second-order valence-electron chi connectivity index (χ2n) is 5.11. The minimum Gasteiger partial charge on any atom is -0.355 e. The number of carbonyl (C=O) groups is 1. The van der Waals surface area contributed by atoms with Gasteiger partial charge in [-0.2, -0.15) is 4.31 Å². The summed E-state index contributed by atoms with van der Waals surface area (Å²) in [6.07, 6.45) is 0. The van der Waals surface area contributed by atoms with Crippen molar-refractivity contribution >= 4 is 27.5 Å². The maximum atomic E-state index is 13.2. The van der Waals surface area contributed by atoms with Gasteiger partial charge in [-0.05, 0) is 35.9 Å². The van der Waals surface area contributed by atoms with E-state index < -0.39 is 15.8 Å². The summed E-state index contributed by atoms with van der Waals surface area (Å²) in [7, 11) is -0.857. The summed E-state index contributed by atoms with van der Waals surface area (Å²) < 4.78 is 39.3. The Morgan fingerprint density at radius 2 is 1.83 bits per heavy atom. The highest BCUT2D eigenvalue weighted by atomic mass is 35.5. The Kier molecular flexibility index (Phi) is 5.58. The smallest absolute Gasteiger partial charge is 0.251 e. The van der Waals surface area contributed by atoms with Crippen molar-refractivity contribution in [1.82, 2.24) is 9.62 Å². The number of halogens is 2. The minimum absolute atomic E-state index is 0.0848. The molecule has 2 aromatic carbocycles. The van der Waals surface area contributed by atoms with Gasteiger partial charge in [-0.25, -0.2) is 12.8 Å². The van der Waals surface area contributed by atoms with E-state index in [0.717, 1.165) is 16.4 Å². The zero-order chi connectivity index (χ0) is 17.9. The maximum absolute atomic E-state index is 13.2. The molecule has 0 saturated heterocycles. The fourth-order valence-electron chi connectivity index (χ4n) is 2.07. The molecular weight excluding hydrogens is 355 g/mol. The zero-order valence-electron chi connectivity index (χ0n) is 13.1. The highest BCUT2D eigenvalue weighted by Crippen LogP contribution is 2.22. The standard InChI is InChI=1S/C16H16ClFN2O3S/c1-19-16(21)12-5-3-11(4-6-12)10-20(2)24(22,23)13-7-8-15(18)14(17)9-13/h3-9H,10H2,1-2H3,(H,19,21). The van der Waals surface area contributed by atoms with E-state index in [4.69, 9.17) is 11.6 Å². The van der Waals surface area contributed by atoms with Gasteiger partial charge in [0.05, 0.1) is 9.92 Å². The van der Waals surface area contributed by atoms with Gasteiger partial charge < -0.3 is 5.32 Å². The lowest BCUT2D eigenvalue weighted by atomic mass is 10.1. The van der Waals surface area contributed by atoms with E-state index in [1.807, 2.05) is 0 Å². The summed E-state index contributed by atoms with van der Waals surface area (Å²) in [5.74, 6) is -0.897. The average Bonchev–Trinajstić information content (AvgIpc) is 2.57. The third-order valence-corrected chi connectivity index (χ3v) is 5.54. The van der Waals surface area contributed by atoms with Crippen molar-refractivity contribution in [1.29, 1.82) is 0 Å². The molecule has 0 heterocycles. The molecule has 8 heteroatoms. The topological polar surface area (TPSA) is 66.5 Å². The number of nitrogens with zero attached hydrogens (tertiary/aromatic N) is 1. The molecule has 2 aromatic rings. The number of sulfonamides is 1. The van der Waals surface area contributed by atoms with Gasteiger partial charge in [0, 0.05) is 26.2 Å². The first-order chi connectivity index (χ1) is 11.3. The van der Waals surface area contributed by atoms with Crippen LogP contribution in [-0.4, -0.2) is 32.7 Å². The van der Waals surface area contributed by atoms with Crippen LogP contribution >= 0.6 is 11.6 Å². The Balaban J connectivity index is 2.20. The molecule has 0 saturated carbocycles. The molecule has 0 fully saturated rings. The van der Waals surface area contributed by atoms with Gasteiger partial charge in [-0.1, -0.05) is 23.7 Å². The van der Waals surface area contributed by atoms with E-state index in [-0.39, 0.29) is 22.4 Å². The summed E-state index contributed by atoms with van der Waals surface area (Å²) in [6.45, 7) is 0.103. The molecule has 0 aromatic heterocycles. The molecule has 5 nitrogen and oxygen atoms in total. The summed E-state index contributed by atoms with van der Waals surface area (Å²) >= 11 is 5.65. The highest BCUT2D eigenvalue weighted by Gasteiger charge is 2.22. The molecule has 1 N–H and O–H groups in total. The average molecular weight is 371 g/mol. The summed E-state index contributed by atoms with van der Waals surface area (Å²) in [4.78, 5) is 11.4. The first-order valence-corrected chi connectivity index (χ1v) is 8.80. The lowest BCUT2D eigenvalue weighted by Gasteiger charge is -2.17. The summed E-state index contributed by atoms with van der Waals surface area (Å²) in [5.41, 5.74) is 1.19. The Morgan fingerprint density at radius 1 is 1.21 bits per heavy atom. The van der Waals surface area contributed by atoms with Gasteiger partial charge >= 0.3 is 0 Å². The van der Waals surface area contributed by atoms with Crippen LogP contribution in [0.1, 0.15) is 15.9 Å². The number of carbonyl (C=O) groups excluding carboxylic acids is 1. The predicted molar refractivity (Wildman–Crippen MR) is 89.9 cm³/mol. The van der Waals surface area contributed by atoms with Crippen LogP contribution in [-0.2, 0) is 16.6 Å². The van der Waals surface area contributed by atoms with Gasteiger partial charge in [0.2, 0.25) is 10.0 Å². The van der Waals surface area contributed by atoms with Gasteiger partial charge in [0.1, 0.15) is 5.82 Å². The summed E-state index contributed by atoms with van der Waals surface area (Å²) in [5, 5.41) is 2.26. The normalized spacial score (nSPS) is 11.5. The predicted octanol–water partition coefficient (Wildman–Crippen LogP) is 2.66. The van der Waals surface area contributed by atoms with Crippen molar-refractivity contribution in [2.75, 3.05) is 14.1 Å². The van der Waals surface area contributed by atoms with Crippen molar-refractivity contribution in [3.05, 3.63) is 64.4 Å². The van der Waals surface area contributed by atoms with Crippen molar-refractivity contribution in [2.45, 2.75) is 11.4 Å². The molecule has 0 aliphatic rings. The first kappa shape index (κ1) is 18.4. The van der Waals surface area contributed by atoms with E-state index in [9.17, 15) is 17.6 Å². The number of hydrogen-bond acceptors (Lipinski definition) is 3. The van der Waals surface area contributed by atoms with Crippen molar-refractivity contribution in [3.8, 4) is 0 Å². The molecule has 24 heavy (non-hydrogen) atoms. The monoisotopic (exact) mass is 370 g/mol. The second kappa shape index (κ2) is 7.29. The van der Waals surface area contributed by atoms with Crippen LogP contribution in [0.3, 0.4) is 0 Å². The van der Waals surface area contributed by atoms with Crippen molar-refractivity contribution < 1.29 is 17.6 Å². The third kappa shape index (κ3) is 3.92. The first-order valence-electron chi connectivity index (χ1n) is 6.98. The third-order valence-electron chi connectivity index (χ3n) is 3.45. The Morgan fingerprint density at radius 3 is 2.38 bits per heavy atom. The zero-order valence-corrected chi connectivity index (χ0v) is 14.7. The number of rotatable bonds is 5.